The molecule has 0 aliphatic carbocycles. The summed E-state index contributed by atoms with van der Waals surface area (Å²) < 4.78 is 25.3. The zero-order chi connectivity index (χ0) is 32.0. The molecule has 232 valence electrons. The van der Waals surface area contributed by atoms with Gasteiger partial charge in [-0.2, -0.15) is 0 Å². The molecule has 0 bridgehead atoms. The maximum absolute atomic E-state index is 13.6. The average molecular weight is 654 g/mol. The van der Waals surface area contributed by atoms with Crippen LogP contribution < -0.4 is 14.4 Å². The Hall–Kier alpha value is -5.00. The fraction of sp³-hybridized carbons (Fsp3) is 0.143. The van der Waals surface area contributed by atoms with Gasteiger partial charge in [-0.25, -0.2) is 4.39 Å². The van der Waals surface area contributed by atoms with Crippen LogP contribution in [-0.2, 0) is 21.9 Å². The molecule has 1 unspecified atom stereocenters. The van der Waals surface area contributed by atoms with E-state index in [1.165, 1.54) is 28.8 Å². The number of carbonyl (C=O) groups excluding carboxylic acids is 2. The number of Topliss-reactive ketones (excluding diaryl/α,β-unsaturated/α-hetero) is 1. The highest BCUT2D eigenvalue weighted by Crippen LogP contribution is 2.44. The van der Waals surface area contributed by atoms with E-state index in [0.29, 0.717) is 45.9 Å². The molecule has 5 aromatic rings. The van der Waals surface area contributed by atoms with E-state index in [9.17, 15) is 19.1 Å². The Morgan fingerprint density at radius 1 is 0.870 bits per heavy atom. The van der Waals surface area contributed by atoms with E-state index in [0.717, 1.165) is 22.5 Å². The van der Waals surface area contributed by atoms with Crippen LogP contribution in [0.3, 0.4) is 0 Å². The maximum Gasteiger partial charge on any atom is 0.301 e. The number of anilines is 1. The molecule has 1 aliphatic heterocycles. The molecule has 2 heterocycles. The number of halogens is 1. The second kappa shape index (κ2) is 14.0. The second-order valence-corrected chi connectivity index (χ2v) is 12.4. The predicted molar refractivity (Wildman–Crippen MR) is 175 cm³/mol. The Labute approximate surface area is 273 Å². The normalized spacial score (nSPS) is 15.7. The summed E-state index contributed by atoms with van der Waals surface area (Å²) >= 11 is 2.54. The smallest absolute Gasteiger partial charge is 0.301 e. The number of benzene rings is 4. The van der Waals surface area contributed by atoms with Gasteiger partial charge < -0.3 is 14.6 Å². The lowest BCUT2D eigenvalue weighted by atomic mass is 9.95. The van der Waals surface area contributed by atoms with Crippen LogP contribution in [-0.4, -0.2) is 33.6 Å². The molecule has 0 saturated carbocycles. The molecule has 4 aromatic carbocycles. The number of amides is 1. The summed E-state index contributed by atoms with van der Waals surface area (Å²) in [7, 11) is 0. The topological polar surface area (TPSA) is 102 Å². The molecule has 0 spiro atoms. The third kappa shape index (κ3) is 6.80. The molecule has 6 rings (SSSR count). The fourth-order valence-corrected chi connectivity index (χ4v) is 6.77. The SMILES string of the molecule is CCOc1ccc(/C(O)=C2/C(=O)C(=O)N(c3nnc(SCc4ccc(F)cc4)s3)C2c2ccc(OCc3ccccc3)cc2)cc1. The summed E-state index contributed by atoms with van der Waals surface area (Å²) in [4.78, 5) is 28.5. The van der Waals surface area contributed by atoms with Crippen LogP contribution in [0, 0.1) is 5.82 Å². The number of nitrogens with zero attached hydrogens (tertiary/aromatic N) is 3. The summed E-state index contributed by atoms with van der Waals surface area (Å²) in [6.07, 6.45) is 0. The van der Waals surface area contributed by atoms with E-state index < -0.39 is 17.7 Å². The summed E-state index contributed by atoms with van der Waals surface area (Å²) in [5, 5.41) is 20.2. The minimum absolute atomic E-state index is 0.0668. The van der Waals surface area contributed by atoms with Crippen molar-refractivity contribution in [2.45, 2.75) is 29.7 Å². The second-order valence-electron chi connectivity index (χ2n) is 10.2. The molecule has 8 nitrogen and oxygen atoms in total. The molecule has 11 heteroatoms. The highest BCUT2D eigenvalue weighted by Gasteiger charge is 2.48. The minimum Gasteiger partial charge on any atom is -0.507 e. The molecule has 0 radical (unpaired) electrons. The van der Waals surface area contributed by atoms with Crippen molar-refractivity contribution in [3.63, 3.8) is 0 Å². The average Bonchev–Trinajstić information content (AvgIpc) is 3.66. The molecule has 1 fully saturated rings. The number of ketones is 1. The molecular weight excluding hydrogens is 626 g/mol. The summed E-state index contributed by atoms with van der Waals surface area (Å²) in [5.41, 5.74) is 2.78. The largest absolute Gasteiger partial charge is 0.507 e. The number of thioether (sulfide) groups is 1. The number of carbonyl (C=O) groups is 2. The van der Waals surface area contributed by atoms with Gasteiger partial charge in [0.15, 0.2) is 4.34 Å². The molecule has 1 N–H and O–H groups in total. The number of aromatic nitrogens is 2. The van der Waals surface area contributed by atoms with Gasteiger partial charge in [-0.1, -0.05) is 77.7 Å². The Bertz CT molecular complexity index is 1860. The highest BCUT2D eigenvalue weighted by molar-refractivity contribution is 8.00. The molecule has 1 atom stereocenters. The van der Waals surface area contributed by atoms with Crippen molar-refractivity contribution in [2.24, 2.45) is 0 Å². The maximum atomic E-state index is 13.6. The molecule has 46 heavy (non-hydrogen) atoms. The number of aliphatic hydroxyl groups is 1. The van der Waals surface area contributed by atoms with Crippen molar-refractivity contribution in [2.75, 3.05) is 11.5 Å². The lowest BCUT2D eigenvalue weighted by Crippen LogP contribution is -2.29. The third-order valence-electron chi connectivity index (χ3n) is 7.20. The van der Waals surface area contributed by atoms with Gasteiger partial charge in [0.2, 0.25) is 5.13 Å². The predicted octanol–water partition coefficient (Wildman–Crippen LogP) is 7.57. The van der Waals surface area contributed by atoms with Crippen molar-refractivity contribution >= 4 is 45.7 Å². The van der Waals surface area contributed by atoms with Crippen LogP contribution in [0.25, 0.3) is 5.76 Å². The highest BCUT2D eigenvalue weighted by atomic mass is 32.2. The van der Waals surface area contributed by atoms with Crippen LogP contribution in [0.1, 0.15) is 35.2 Å². The number of hydrogen-bond acceptors (Lipinski definition) is 9. The number of hydrogen-bond donors (Lipinski definition) is 1. The van der Waals surface area contributed by atoms with E-state index in [2.05, 4.69) is 10.2 Å². The lowest BCUT2D eigenvalue weighted by molar-refractivity contribution is -0.132. The zero-order valence-electron chi connectivity index (χ0n) is 24.6. The Kier molecular flexibility index (Phi) is 9.41. The first kappa shape index (κ1) is 31.0. The van der Waals surface area contributed by atoms with E-state index in [1.54, 1.807) is 60.7 Å². The van der Waals surface area contributed by atoms with E-state index >= 15 is 0 Å². The van der Waals surface area contributed by atoms with Gasteiger partial charge in [0.05, 0.1) is 18.2 Å². The quantitative estimate of drug-likeness (QED) is 0.0512. The Balaban J connectivity index is 1.33. The summed E-state index contributed by atoms with van der Waals surface area (Å²) in [5.74, 6) is -0.561. The molecule has 1 saturated heterocycles. The van der Waals surface area contributed by atoms with Crippen LogP contribution >= 0.6 is 23.1 Å². The first-order chi connectivity index (χ1) is 22.4. The zero-order valence-corrected chi connectivity index (χ0v) is 26.3. The van der Waals surface area contributed by atoms with Crippen molar-refractivity contribution in [3.8, 4) is 11.5 Å². The standard InChI is InChI=1S/C35H28FN3O5S2/c1-2-43-27-18-12-25(13-19-27)31(40)29-30(24-10-16-28(17-11-24)44-20-22-6-4-3-5-7-22)39(33(42)32(29)41)34-37-38-35(46-34)45-21-23-8-14-26(36)15-9-23/h3-19,30,40H,2,20-21H2,1H3/b31-29-. The number of ether oxygens (including phenoxy) is 2. The lowest BCUT2D eigenvalue weighted by Gasteiger charge is -2.22. The Morgan fingerprint density at radius 3 is 2.24 bits per heavy atom. The van der Waals surface area contributed by atoms with Crippen molar-refractivity contribution in [1.29, 1.82) is 0 Å². The van der Waals surface area contributed by atoms with Crippen LogP contribution in [0.2, 0.25) is 0 Å². The summed E-state index contributed by atoms with van der Waals surface area (Å²) in [6.45, 7) is 2.72. The summed E-state index contributed by atoms with van der Waals surface area (Å²) in [6, 6.07) is 28.7. The fourth-order valence-electron chi connectivity index (χ4n) is 4.95. The van der Waals surface area contributed by atoms with E-state index in [1.807, 2.05) is 37.3 Å². The molecular formula is C35H28FN3O5S2. The first-order valence-corrected chi connectivity index (χ1v) is 16.2. The minimum atomic E-state index is -0.974. The number of rotatable bonds is 11. The van der Waals surface area contributed by atoms with Gasteiger partial charge in [-0.05, 0) is 72.1 Å². The Morgan fingerprint density at radius 2 is 1.54 bits per heavy atom. The van der Waals surface area contributed by atoms with E-state index in [4.69, 9.17) is 9.47 Å². The molecule has 1 aliphatic rings. The van der Waals surface area contributed by atoms with Gasteiger partial charge in [-0.15, -0.1) is 10.2 Å². The third-order valence-corrected chi connectivity index (χ3v) is 9.33. The van der Waals surface area contributed by atoms with Gasteiger partial charge in [0, 0.05) is 11.3 Å². The van der Waals surface area contributed by atoms with Gasteiger partial charge >= 0.3 is 5.91 Å². The van der Waals surface area contributed by atoms with Crippen molar-refractivity contribution < 1.29 is 28.6 Å². The van der Waals surface area contributed by atoms with Gasteiger partial charge in [0.1, 0.15) is 29.7 Å². The van der Waals surface area contributed by atoms with Crippen molar-refractivity contribution in [1.82, 2.24) is 10.2 Å². The first-order valence-electron chi connectivity index (χ1n) is 14.4. The monoisotopic (exact) mass is 653 g/mol. The number of aliphatic hydroxyl groups excluding tert-OH is 1. The molecule has 1 amide bonds. The van der Waals surface area contributed by atoms with Crippen molar-refractivity contribution in [3.05, 3.63) is 137 Å². The molecule has 1 aromatic heterocycles. The van der Waals surface area contributed by atoms with E-state index in [-0.39, 0.29) is 22.3 Å². The van der Waals surface area contributed by atoms with Crippen LogP contribution in [0.5, 0.6) is 11.5 Å². The van der Waals surface area contributed by atoms with Crippen LogP contribution in [0.15, 0.2) is 113 Å². The van der Waals surface area contributed by atoms with Gasteiger partial charge in [0.25, 0.3) is 5.78 Å². The van der Waals surface area contributed by atoms with Crippen LogP contribution in [0.4, 0.5) is 9.52 Å². The van der Waals surface area contributed by atoms with Gasteiger partial charge in [-0.3, -0.25) is 14.5 Å².